The van der Waals surface area contributed by atoms with Gasteiger partial charge in [0.2, 0.25) is 0 Å². The summed E-state index contributed by atoms with van der Waals surface area (Å²) in [5, 5.41) is 3.29. The lowest BCUT2D eigenvalue weighted by Gasteiger charge is -2.39. The minimum absolute atomic E-state index is 0.121. The molecule has 1 N–H and O–H groups in total. The predicted molar refractivity (Wildman–Crippen MR) is 48.4 cm³/mol. The van der Waals surface area contributed by atoms with Gasteiger partial charge in [0.15, 0.2) is 0 Å². The molecule has 0 aliphatic carbocycles. The standard InChI is InChI=1S/C9H16N2O2/c1-13-8(12)4-11-3-2-9(7-11)5-10-6-9/h10H,2-7H2,1H3. The highest BCUT2D eigenvalue weighted by Crippen LogP contribution is 2.33. The van der Waals surface area contributed by atoms with Gasteiger partial charge in [-0.3, -0.25) is 9.69 Å². The molecule has 2 fully saturated rings. The number of hydrogen-bond acceptors (Lipinski definition) is 4. The molecule has 0 radical (unpaired) electrons. The maximum absolute atomic E-state index is 11.0. The highest BCUT2D eigenvalue weighted by atomic mass is 16.5. The van der Waals surface area contributed by atoms with Crippen LogP contribution in [0.5, 0.6) is 0 Å². The van der Waals surface area contributed by atoms with Gasteiger partial charge in [-0.25, -0.2) is 0 Å². The maximum atomic E-state index is 11.0. The zero-order chi connectivity index (χ0) is 9.31. The lowest BCUT2D eigenvalue weighted by Crippen LogP contribution is -2.54. The first kappa shape index (κ1) is 8.97. The highest BCUT2D eigenvalue weighted by molar-refractivity contribution is 5.71. The van der Waals surface area contributed by atoms with Crippen LogP contribution in [0.4, 0.5) is 0 Å². The zero-order valence-corrected chi connectivity index (χ0v) is 8.01. The molecule has 74 valence electrons. The second-order valence-electron chi connectivity index (χ2n) is 4.14. The molecule has 2 aliphatic rings. The van der Waals surface area contributed by atoms with Gasteiger partial charge < -0.3 is 10.1 Å². The lowest BCUT2D eigenvalue weighted by molar-refractivity contribution is -0.141. The number of hydrogen-bond donors (Lipinski definition) is 1. The van der Waals surface area contributed by atoms with Gasteiger partial charge in [-0.05, 0) is 13.0 Å². The van der Waals surface area contributed by atoms with Crippen LogP contribution in [0, 0.1) is 5.41 Å². The van der Waals surface area contributed by atoms with Crippen LogP contribution in [-0.4, -0.2) is 50.7 Å². The Morgan fingerprint density at radius 1 is 1.62 bits per heavy atom. The average molecular weight is 184 g/mol. The van der Waals surface area contributed by atoms with Crippen molar-refractivity contribution in [1.82, 2.24) is 10.2 Å². The Morgan fingerprint density at radius 2 is 2.38 bits per heavy atom. The summed E-state index contributed by atoms with van der Waals surface area (Å²) in [4.78, 5) is 13.2. The molecule has 2 heterocycles. The van der Waals surface area contributed by atoms with Gasteiger partial charge in [0.1, 0.15) is 0 Å². The smallest absolute Gasteiger partial charge is 0.319 e. The van der Waals surface area contributed by atoms with Crippen LogP contribution >= 0.6 is 0 Å². The fraction of sp³-hybridized carbons (Fsp3) is 0.889. The number of rotatable bonds is 2. The Bertz CT molecular complexity index is 214. The van der Waals surface area contributed by atoms with Crippen LogP contribution < -0.4 is 5.32 Å². The third-order valence-electron chi connectivity index (χ3n) is 3.10. The van der Waals surface area contributed by atoms with Gasteiger partial charge in [0.05, 0.1) is 13.7 Å². The lowest BCUT2D eigenvalue weighted by atomic mass is 9.81. The minimum Gasteiger partial charge on any atom is -0.468 e. The van der Waals surface area contributed by atoms with E-state index in [0.717, 1.165) is 26.2 Å². The Labute approximate surface area is 78.2 Å². The van der Waals surface area contributed by atoms with Crippen LogP contribution in [0.3, 0.4) is 0 Å². The van der Waals surface area contributed by atoms with E-state index in [1.165, 1.54) is 13.5 Å². The van der Waals surface area contributed by atoms with Crippen molar-refractivity contribution in [2.45, 2.75) is 6.42 Å². The molecule has 2 aliphatic heterocycles. The SMILES string of the molecule is COC(=O)CN1CCC2(CNC2)C1. The van der Waals surface area contributed by atoms with Crippen molar-refractivity contribution in [1.29, 1.82) is 0 Å². The molecule has 2 saturated heterocycles. The molecule has 13 heavy (non-hydrogen) atoms. The molecule has 0 saturated carbocycles. The molecule has 0 aromatic carbocycles. The largest absolute Gasteiger partial charge is 0.468 e. The number of nitrogens with zero attached hydrogens (tertiary/aromatic N) is 1. The van der Waals surface area contributed by atoms with E-state index >= 15 is 0 Å². The van der Waals surface area contributed by atoms with Gasteiger partial charge in [-0.1, -0.05) is 0 Å². The van der Waals surface area contributed by atoms with E-state index in [1.54, 1.807) is 0 Å². The maximum Gasteiger partial charge on any atom is 0.319 e. The summed E-state index contributed by atoms with van der Waals surface area (Å²) >= 11 is 0. The molecule has 0 unspecified atom stereocenters. The summed E-state index contributed by atoms with van der Waals surface area (Å²) in [6.07, 6.45) is 1.22. The number of carbonyl (C=O) groups excluding carboxylic acids is 1. The molecule has 0 aromatic rings. The van der Waals surface area contributed by atoms with Gasteiger partial charge in [-0.15, -0.1) is 0 Å². The molecule has 0 aromatic heterocycles. The van der Waals surface area contributed by atoms with Crippen molar-refractivity contribution in [3.63, 3.8) is 0 Å². The quantitative estimate of drug-likeness (QED) is 0.585. The van der Waals surface area contributed by atoms with Gasteiger partial charge in [-0.2, -0.15) is 0 Å². The van der Waals surface area contributed by atoms with E-state index in [2.05, 4.69) is 15.0 Å². The fourth-order valence-electron chi connectivity index (χ4n) is 2.18. The number of esters is 1. The van der Waals surface area contributed by atoms with Crippen molar-refractivity contribution >= 4 is 5.97 Å². The average Bonchev–Trinajstić information content (AvgIpc) is 2.48. The molecule has 4 heteroatoms. The molecule has 0 amide bonds. The number of methoxy groups -OCH3 is 1. The van der Waals surface area contributed by atoms with Gasteiger partial charge >= 0.3 is 5.97 Å². The molecular formula is C9H16N2O2. The normalized spacial score (nSPS) is 25.9. The van der Waals surface area contributed by atoms with Crippen molar-refractivity contribution in [2.24, 2.45) is 5.41 Å². The van der Waals surface area contributed by atoms with E-state index < -0.39 is 0 Å². The number of nitrogens with one attached hydrogen (secondary N) is 1. The Hall–Kier alpha value is -0.610. The van der Waals surface area contributed by atoms with Crippen molar-refractivity contribution in [2.75, 3.05) is 39.8 Å². The fourth-order valence-corrected chi connectivity index (χ4v) is 2.18. The molecule has 0 atom stereocenters. The second-order valence-corrected chi connectivity index (χ2v) is 4.14. The monoisotopic (exact) mass is 184 g/mol. The summed E-state index contributed by atoms with van der Waals surface area (Å²) in [6, 6.07) is 0. The van der Waals surface area contributed by atoms with Crippen molar-refractivity contribution in [3.05, 3.63) is 0 Å². The summed E-state index contributed by atoms with van der Waals surface area (Å²) in [6.45, 7) is 4.78. The van der Waals surface area contributed by atoms with Crippen molar-refractivity contribution in [3.8, 4) is 0 Å². The third-order valence-corrected chi connectivity index (χ3v) is 3.10. The van der Waals surface area contributed by atoms with Crippen LogP contribution in [0.15, 0.2) is 0 Å². The summed E-state index contributed by atoms with van der Waals surface area (Å²) in [5.41, 5.74) is 0.480. The van der Waals surface area contributed by atoms with E-state index in [0.29, 0.717) is 12.0 Å². The summed E-state index contributed by atoms with van der Waals surface area (Å²) in [7, 11) is 1.44. The van der Waals surface area contributed by atoms with Crippen LogP contribution in [0.1, 0.15) is 6.42 Å². The Balaban J connectivity index is 1.81. The highest BCUT2D eigenvalue weighted by Gasteiger charge is 2.43. The first-order valence-electron chi connectivity index (χ1n) is 4.74. The van der Waals surface area contributed by atoms with E-state index in [-0.39, 0.29) is 5.97 Å². The van der Waals surface area contributed by atoms with E-state index in [1.807, 2.05) is 0 Å². The molecule has 1 spiro atoms. The van der Waals surface area contributed by atoms with Gasteiger partial charge in [0.25, 0.3) is 0 Å². The van der Waals surface area contributed by atoms with Crippen LogP contribution in [-0.2, 0) is 9.53 Å². The number of likely N-dealkylation sites (tertiary alicyclic amines) is 1. The van der Waals surface area contributed by atoms with Gasteiger partial charge in [0, 0.05) is 25.0 Å². The zero-order valence-electron chi connectivity index (χ0n) is 8.01. The summed E-state index contributed by atoms with van der Waals surface area (Å²) < 4.78 is 4.64. The molecule has 4 nitrogen and oxygen atoms in total. The number of carbonyl (C=O) groups is 1. The van der Waals surface area contributed by atoms with Crippen LogP contribution in [0.25, 0.3) is 0 Å². The first-order valence-corrected chi connectivity index (χ1v) is 4.74. The minimum atomic E-state index is -0.121. The first-order chi connectivity index (χ1) is 6.24. The molecule has 2 rings (SSSR count). The Kier molecular flexibility index (Phi) is 2.26. The number of ether oxygens (including phenoxy) is 1. The topological polar surface area (TPSA) is 41.6 Å². The van der Waals surface area contributed by atoms with Crippen LogP contribution in [0.2, 0.25) is 0 Å². The Morgan fingerprint density at radius 3 is 2.85 bits per heavy atom. The van der Waals surface area contributed by atoms with Crippen molar-refractivity contribution < 1.29 is 9.53 Å². The third kappa shape index (κ3) is 1.69. The molecular weight excluding hydrogens is 168 g/mol. The second kappa shape index (κ2) is 3.27. The summed E-state index contributed by atoms with van der Waals surface area (Å²) in [5.74, 6) is -0.121. The van der Waals surface area contributed by atoms with E-state index in [4.69, 9.17) is 0 Å². The molecule has 0 bridgehead atoms. The predicted octanol–water partition coefficient (Wildman–Crippen LogP) is -0.545. The van der Waals surface area contributed by atoms with E-state index in [9.17, 15) is 4.79 Å².